The van der Waals surface area contributed by atoms with Crippen LogP contribution < -0.4 is 14.2 Å². The summed E-state index contributed by atoms with van der Waals surface area (Å²) in [6.07, 6.45) is 0. The van der Waals surface area contributed by atoms with Crippen molar-refractivity contribution >= 4 is 0 Å². The summed E-state index contributed by atoms with van der Waals surface area (Å²) in [4.78, 5) is 0. The highest BCUT2D eigenvalue weighted by atomic mass is 16.5. The van der Waals surface area contributed by atoms with Gasteiger partial charge in [-0.2, -0.15) is 0 Å². The molecular formula is C17H16O4. The van der Waals surface area contributed by atoms with Crippen molar-refractivity contribution in [2.24, 2.45) is 0 Å². The van der Waals surface area contributed by atoms with E-state index in [0.717, 1.165) is 11.1 Å². The van der Waals surface area contributed by atoms with E-state index in [1.165, 1.54) is 7.11 Å². The van der Waals surface area contributed by atoms with Crippen molar-refractivity contribution in [3.63, 3.8) is 0 Å². The third-order valence-corrected chi connectivity index (χ3v) is 2.88. The molecule has 0 saturated carbocycles. The second-order valence-electron chi connectivity index (χ2n) is 4.24. The fourth-order valence-electron chi connectivity index (χ4n) is 1.78. The van der Waals surface area contributed by atoms with E-state index in [4.69, 9.17) is 14.2 Å². The van der Waals surface area contributed by atoms with Gasteiger partial charge in [0.25, 0.3) is 0 Å². The van der Waals surface area contributed by atoms with Crippen LogP contribution in [0, 0.1) is 11.8 Å². The van der Waals surface area contributed by atoms with E-state index in [2.05, 4.69) is 11.8 Å². The van der Waals surface area contributed by atoms with E-state index in [1.807, 2.05) is 12.1 Å². The van der Waals surface area contributed by atoms with Gasteiger partial charge < -0.3 is 19.3 Å². The summed E-state index contributed by atoms with van der Waals surface area (Å²) < 4.78 is 15.5. The predicted molar refractivity (Wildman–Crippen MR) is 80.2 cm³/mol. The minimum absolute atomic E-state index is 0.0890. The number of hydrogen-bond acceptors (Lipinski definition) is 4. The number of methoxy groups -OCH3 is 3. The fraction of sp³-hybridized carbons (Fsp3) is 0.176. The Bertz CT molecular complexity index is 673. The molecule has 2 aromatic carbocycles. The van der Waals surface area contributed by atoms with Crippen molar-refractivity contribution in [3.05, 3.63) is 47.5 Å². The third kappa shape index (κ3) is 3.61. The topological polar surface area (TPSA) is 47.9 Å². The molecule has 0 aliphatic rings. The van der Waals surface area contributed by atoms with Crippen LogP contribution in [0.2, 0.25) is 0 Å². The lowest BCUT2D eigenvalue weighted by Crippen LogP contribution is -1.89. The Labute approximate surface area is 123 Å². The second kappa shape index (κ2) is 6.58. The Hall–Kier alpha value is -2.80. The van der Waals surface area contributed by atoms with Crippen molar-refractivity contribution in [2.45, 2.75) is 0 Å². The van der Waals surface area contributed by atoms with Gasteiger partial charge in [-0.15, -0.1) is 0 Å². The molecule has 0 aliphatic carbocycles. The zero-order valence-corrected chi connectivity index (χ0v) is 12.1. The second-order valence-corrected chi connectivity index (χ2v) is 4.24. The first-order chi connectivity index (χ1) is 10.2. The van der Waals surface area contributed by atoms with Gasteiger partial charge in [-0.1, -0.05) is 11.8 Å². The number of hydrogen-bond donors (Lipinski definition) is 1. The molecule has 0 fully saturated rings. The van der Waals surface area contributed by atoms with E-state index >= 15 is 0 Å². The van der Waals surface area contributed by atoms with Gasteiger partial charge in [0.2, 0.25) is 0 Å². The Morgan fingerprint density at radius 1 is 0.762 bits per heavy atom. The van der Waals surface area contributed by atoms with Crippen LogP contribution in [0.15, 0.2) is 36.4 Å². The van der Waals surface area contributed by atoms with E-state index in [0.29, 0.717) is 17.2 Å². The molecule has 4 nitrogen and oxygen atoms in total. The molecule has 2 rings (SSSR count). The van der Waals surface area contributed by atoms with Crippen LogP contribution in [0.4, 0.5) is 0 Å². The molecule has 0 radical (unpaired) electrons. The first-order valence-corrected chi connectivity index (χ1v) is 6.28. The summed E-state index contributed by atoms with van der Waals surface area (Å²) in [6, 6.07) is 10.4. The Morgan fingerprint density at radius 3 is 1.95 bits per heavy atom. The standard InChI is InChI=1S/C17H16O4/c1-19-14-8-13(9-15(11-14)20-2)5-4-12-6-7-16(18)17(10-12)21-3/h6-11,18H,1-3H3. The van der Waals surface area contributed by atoms with Gasteiger partial charge in [0.15, 0.2) is 11.5 Å². The number of phenols is 1. The summed E-state index contributed by atoms with van der Waals surface area (Å²) in [6.45, 7) is 0. The summed E-state index contributed by atoms with van der Waals surface area (Å²) >= 11 is 0. The van der Waals surface area contributed by atoms with E-state index in [9.17, 15) is 5.11 Å². The average Bonchev–Trinajstić information content (AvgIpc) is 2.53. The molecule has 2 aromatic rings. The van der Waals surface area contributed by atoms with Crippen molar-refractivity contribution in [1.29, 1.82) is 0 Å². The first-order valence-electron chi connectivity index (χ1n) is 6.28. The molecule has 4 heteroatoms. The number of benzene rings is 2. The van der Waals surface area contributed by atoms with Gasteiger partial charge >= 0.3 is 0 Å². The Morgan fingerprint density at radius 2 is 1.38 bits per heavy atom. The lowest BCUT2D eigenvalue weighted by molar-refractivity contribution is 0.373. The van der Waals surface area contributed by atoms with E-state index < -0.39 is 0 Å². The molecule has 1 N–H and O–H groups in total. The molecule has 0 atom stereocenters. The maximum absolute atomic E-state index is 9.55. The molecule has 0 amide bonds. The van der Waals surface area contributed by atoms with Crippen molar-refractivity contribution in [3.8, 4) is 34.8 Å². The number of aromatic hydroxyl groups is 1. The van der Waals surface area contributed by atoms with Gasteiger partial charge in [-0.3, -0.25) is 0 Å². The molecule has 21 heavy (non-hydrogen) atoms. The lowest BCUT2D eigenvalue weighted by Gasteiger charge is -2.05. The maximum atomic E-state index is 9.55. The molecule has 0 bridgehead atoms. The van der Waals surface area contributed by atoms with Crippen molar-refractivity contribution < 1.29 is 19.3 Å². The highest BCUT2D eigenvalue weighted by Crippen LogP contribution is 2.26. The lowest BCUT2D eigenvalue weighted by atomic mass is 10.1. The van der Waals surface area contributed by atoms with Gasteiger partial charge in [-0.05, 0) is 30.3 Å². The van der Waals surface area contributed by atoms with Gasteiger partial charge in [0.05, 0.1) is 21.3 Å². The normalized spacial score (nSPS) is 9.48. The number of phenolic OH excluding ortho intramolecular Hbond substituents is 1. The van der Waals surface area contributed by atoms with Crippen LogP contribution in [-0.2, 0) is 0 Å². The van der Waals surface area contributed by atoms with Crippen molar-refractivity contribution in [2.75, 3.05) is 21.3 Å². The number of ether oxygens (including phenoxy) is 3. The monoisotopic (exact) mass is 284 g/mol. The zero-order valence-electron chi connectivity index (χ0n) is 12.1. The first kappa shape index (κ1) is 14.6. The summed E-state index contributed by atoms with van der Waals surface area (Å²) in [5, 5.41) is 9.55. The molecule has 0 unspecified atom stereocenters. The fourth-order valence-corrected chi connectivity index (χ4v) is 1.78. The van der Waals surface area contributed by atoms with Crippen molar-refractivity contribution in [1.82, 2.24) is 0 Å². The van der Waals surface area contributed by atoms with Crippen LogP contribution in [0.25, 0.3) is 0 Å². The molecule has 0 spiro atoms. The number of rotatable bonds is 3. The highest BCUT2D eigenvalue weighted by Gasteiger charge is 2.02. The molecule has 0 aromatic heterocycles. The average molecular weight is 284 g/mol. The minimum Gasteiger partial charge on any atom is -0.504 e. The molecular weight excluding hydrogens is 268 g/mol. The van der Waals surface area contributed by atoms with Crippen LogP contribution in [0.3, 0.4) is 0 Å². The highest BCUT2D eigenvalue weighted by molar-refractivity contribution is 5.52. The van der Waals surface area contributed by atoms with Gasteiger partial charge in [-0.25, -0.2) is 0 Å². The maximum Gasteiger partial charge on any atom is 0.161 e. The van der Waals surface area contributed by atoms with E-state index in [-0.39, 0.29) is 5.75 Å². The molecule has 0 heterocycles. The SMILES string of the molecule is COc1cc(C#Cc2ccc(O)c(OC)c2)cc(OC)c1. The van der Waals surface area contributed by atoms with Gasteiger partial charge in [0, 0.05) is 17.2 Å². The smallest absolute Gasteiger partial charge is 0.161 e. The van der Waals surface area contributed by atoms with Crippen LogP contribution in [0.1, 0.15) is 11.1 Å². The minimum atomic E-state index is 0.0890. The molecule has 108 valence electrons. The summed E-state index contributed by atoms with van der Waals surface area (Å²) in [5.41, 5.74) is 1.52. The molecule has 0 saturated heterocycles. The Balaban J connectivity index is 2.34. The largest absolute Gasteiger partial charge is 0.504 e. The van der Waals surface area contributed by atoms with Crippen LogP contribution >= 0.6 is 0 Å². The molecule has 0 aliphatic heterocycles. The quantitative estimate of drug-likeness (QED) is 0.880. The predicted octanol–water partition coefficient (Wildman–Crippen LogP) is 2.82. The van der Waals surface area contributed by atoms with E-state index in [1.54, 1.807) is 38.5 Å². The van der Waals surface area contributed by atoms with Crippen LogP contribution in [-0.4, -0.2) is 26.4 Å². The summed E-state index contributed by atoms with van der Waals surface area (Å²) in [7, 11) is 4.69. The zero-order chi connectivity index (χ0) is 15.2. The third-order valence-electron chi connectivity index (χ3n) is 2.88. The summed E-state index contributed by atoms with van der Waals surface area (Å²) in [5.74, 6) is 7.89. The Kier molecular flexibility index (Phi) is 4.57. The van der Waals surface area contributed by atoms with Gasteiger partial charge in [0.1, 0.15) is 11.5 Å². The van der Waals surface area contributed by atoms with Crippen LogP contribution in [0.5, 0.6) is 23.0 Å².